The Morgan fingerprint density at radius 1 is 1.07 bits per heavy atom. The Balaban J connectivity index is 1.35. The third-order valence-corrected chi connectivity index (χ3v) is 4.31. The number of morpholine rings is 1. The van der Waals surface area contributed by atoms with E-state index in [1.54, 1.807) is 12.1 Å². The maximum Gasteiger partial charge on any atom is 0.239 e. The summed E-state index contributed by atoms with van der Waals surface area (Å²) in [4.78, 5) is 12.0. The summed E-state index contributed by atoms with van der Waals surface area (Å²) in [5.74, 6) is 1.47. The first-order valence-corrected chi connectivity index (χ1v) is 9.27. The molecule has 0 aliphatic carbocycles. The molecule has 1 amide bonds. The third kappa shape index (κ3) is 6.43. The molecule has 7 heteroatoms. The zero-order chi connectivity index (χ0) is 18.9. The maximum atomic E-state index is 12.0. The van der Waals surface area contributed by atoms with Gasteiger partial charge in [0.25, 0.3) is 0 Å². The van der Waals surface area contributed by atoms with Gasteiger partial charge in [-0.15, -0.1) is 0 Å². The van der Waals surface area contributed by atoms with Crippen LogP contribution in [0.15, 0.2) is 48.5 Å². The standard InChI is InChI=1S/C20H23ClN2O4/c21-16-3-7-18(8-4-16)27-12-11-26-17-5-1-15(2-6-17)13-23-20(24)19-14-25-10-9-22-19/h1-8,19,22H,9-14H2,(H,23,24). The predicted molar refractivity (Wildman–Crippen MR) is 103 cm³/mol. The first-order valence-electron chi connectivity index (χ1n) is 8.90. The quantitative estimate of drug-likeness (QED) is 0.677. The third-order valence-electron chi connectivity index (χ3n) is 4.06. The van der Waals surface area contributed by atoms with Crippen molar-refractivity contribution in [1.29, 1.82) is 0 Å². The summed E-state index contributed by atoms with van der Waals surface area (Å²) >= 11 is 5.83. The normalized spacial score (nSPS) is 16.6. The molecule has 1 fully saturated rings. The van der Waals surface area contributed by atoms with Crippen molar-refractivity contribution < 1.29 is 19.0 Å². The van der Waals surface area contributed by atoms with Crippen LogP contribution in [0.2, 0.25) is 5.02 Å². The molecule has 1 aliphatic rings. The summed E-state index contributed by atoms with van der Waals surface area (Å²) < 4.78 is 16.5. The fourth-order valence-corrected chi connectivity index (χ4v) is 2.73. The van der Waals surface area contributed by atoms with Crippen LogP contribution in [0, 0.1) is 0 Å². The molecule has 27 heavy (non-hydrogen) atoms. The highest BCUT2D eigenvalue weighted by Crippen LogP contribution is 2.16. The highest BCUT2D eigenvalue weighted by molar-refractivity contribution is 6.30. The summed E-state index contributed by atoms with van der Waals surface area (Å²) in [6.45, 7) is 3.11. The van der Waals surface area contributed by atoms with Crippen LogP contribution < -0.4 is 20.1 Å². The molecule has 3 rings (SSSR count). The Hall–Kier alpha value is -2.28. The van der Waals surface area contributed by atoms with Crippen LogP contribution in [0.3, 0.4) is 0 Å². The van der Waals surface area contributed by atoms with Crippen molar-refractivity contribution in [2.24, 2.45) is 0 Å². The topological polar surface area (TPSA) is 68.8 Å². The molecule has 6 nitrogen and oxygen atoms in total. The van der Waals surface area contributed by atoms with E-state index in [1.165, 1.54) is 0 Å². The number of hydrogen-bond donors (Lipinski definition) is 2. The minimum atomic E-state index is -0.276. The number of hydrogen-bond acceptors (Lipinski definition) is 5. The zero-order valence-corrected chi connectivity index (χ0v) is 15.7. The van der Waals surface area contributed by atoms with E-state index in [4.69, 9.17) is 25.8 Å². The second-order valence-electron chi connectivity index (χ2n) is 6.09. The number of benzene rings is 2. The first-order chi connectivity index (χ1) is 13.2. The van der Waals surface area contributed by atoms with Crippen molar-refractivity contribution in [2.75, 3.05) is 33.0 Å². The van der Waals surface area contributed by atoms with Gasteiger partial charge < -0.3 is 24.8 Å². The van der Waals surface area contributed by atoms with Gasteiger partial charge in [-0.1, -0.05) is 23.7 Å². The van der Waals surface area contributed by atoms with Crippen molar-refractivity contribution in [3.05, 3.63) is 59.1 Å². The number of carbonyl (C=O) groups excluding carboxylic acids is 1. The highest BCUT2D eigenvalue weighted by atomic mass is 35.5. The van der Waals surface area contributed by atoms with Crippen LogP contribution in [0.25, 0.3) is 0 Å². The number of rotatable bonds is 8. The van der Waals surface area contributed by atoms with Crippen molar-refractivity contribution in [2.45, 2.75) is 12.6 Å². The van der Waals surface area contributed by atoms with Crippen molar-refractivity contribution in [3.63, 3.8) is 0 Å². The molecule has 2 aromatic rings. The molecule has 144 valence electrons. The molecule has 1 heterocycles. The molecule has 1 atom stereocenters. The van der Waals surface area contributed by atoms with Crippen LogP contribution in [-0.2, 0) is 16.1 Å². The lowest BCUT2D eigenvalue weighted by Gasteiger charge is -2.22. The van der Waals surface area contributed by atoms with Crippen molar-refractivity contribution >= 4 is 17.5 Å². The Morgan fingerprint density at radius 2 is 1.70 bits per heavy atom. The van der Waals surface area contributed by atoms with Crippen LogP contribution in [0.5, 0.6) is 11.5 Å². The Bertz CT molecular complexity index is 716. The van der Waals surface area contributed by atoms with Gasteiger partial charge in [0.15, 0.2) is 0 Å². The smallest absolute Gasteiger partial charge is 0.239 e. The molecule has 1 unspecified atom stereocenters. The molecular weight excluding hydrogens is 368 g/mol. The van der Waals surface area contributed by atoms with Gasteiger partial charge in [-0.3, -0.25) is 4.79 Å². The molecule has 1 aliphatic heterocycles. The van der Waals surface area contributed by atoms with Gasteiger partial charge >= 0.3 is 0 Å². The van der Waals surface area contributed by atoms with Crippen molar-refractivity contribution in [1.82, 2.24) is 10.6 Å². The van der Waals surface area contributed by atoms with Crippen molar-refractivity contribution in [3.8, 4) is 11.5 Å². The van der Waals surface area contributed by atoms with E-state index >= 15 is 0 Å². The lowest BCUT2D eigenvalue weighted by Crippen LogP contribution is -2.51. The number of halogens is 1. The van der Waals surface area contributed by atoms with Gasteiger partial charge in [0.05, 0.1) is 13.2 Å². The van der Waals surface area contributed by atoms with E-state index in [2.05, 4.69) is 10.6 Å². The van der Waals surface area contributed by atoms with Crippen LogP contribution >= 0.6 is 11.6 Å². The van der Waals surface area contributed by atoms with E-state index in [1.807, 2.05) is 36.4 Å². The SMILES string of the molecule is O=C(NCc1ccc(OCCOc2ccc(Cl)cc2)cc1)C1COCCN1. The number of amides is 1. The van der Waals surface area contributed by atoms with Crippen LogP contribution in [0.1, 0.15) is 5.56 Å². The second kappa shape index (κ2) is 10.2. The maximum absolute atomic E-state index is 12.0. The number of carbonyl (C=O) groups is 1. The summed E-state index contributed by atoms with van der Waals surface area (Å²) in [5, 5.41) is 6.72. The molecule has 0 bridgehead atoms. The lowest BCUT2D eigenvalue weighted by atomic mass is 10.2. The van der Waals surface area contributed by atoms with E-state index < -0.39 is 0 Å². The number of ether oxygens (including phenoxy) is 3. The van der Waals surface area contributed by atoms with Gasteiger partial charge in [-0.2, -0.15) is 0 Å². The summed E-state index contributed by atoms with van der Waals surface area (Å²) in [5.41, 5.74) is 1.00. The van der Waals surface area contributed by atoms with Crippen LogP contribution in [-0.4, -0.2) is 44.9 Å². The Kier molecular flexibility index (Phi) is 7.33. The largest absolute Gasteiger partial charge is 0.490 e. The van der Waals surface area contributed by atoms with E-state index in [0.717, 1.165) is 17.1 Å². The minimum absolute atomic E-state index is 0.0469. The summed E-state index contributed by atoms with van der Waals surface area (Å²) in [6, 6.07) is 14.6. The van der Waals surface area contributed by atoms with Gasteiger partial charge in [0.1, 0.15) is 30.8 Å². The summed E-state index contributed by atoms with van der Waals surface area (Å²) in [6.07, 6.45) is 0. The van der Waals surface area contributed by atoms with Gasteiger partial charge in [0, 0.05) is 18.1 Å². The highest BCUT2D eigenvalue weighted by Gasteiger charge is 2.20. The molecule has 0 aromatic heterocycles. The second-order valence-corrected chi connectivity index (χ2v) is 6.53. The van der Waals surface area contributed by atoms with Gasteiger partial charge in [-0.05, 0) is 42.0 Å². The monoisotopic (exact) mass is 390 g/mol. The average Bonchev–Trinajstić information content (AvgIpc) is 2.72. The first kappa shape index (κ1) is 19.5. The van der Waals surface area contributed by atoms with Gasteiger partial charge in [0.2, 0.25) is 5.91 Å². The fraction of sp³-hybridized carbons (Fsp3) is 0.350. The molecule has 0 spiro atoms. The van der Waals surface area contributed by atoms with Crippen LogP contribution in [0.4, 0.5) is 0 Å². The molecule has 0 saturated carbocycles. The molecule has 0 radical (unpaired) electrons. The summed E-state index contributed by atoms with van der Waals surface area (Å²) in [7, 11) is 0. The van der Waals surface area contributed by atoms with Gasteiger partial charge in [-0.25, -0.2) is 0 Å². The van der Waals surface area contributed by atoms with E-state index in [-0.39, 0.29) is 11.9 Å². The van der Waals surface area contributed by atoms with E-state index in [9.17, 15) is 4.79 Å². The molecule has 2 N–H and O–H groups in total. The molecule has 1 saturated heterocycles. The zero-order valence-electron chi connectivity index (χ0n) is 14.9. The predicted octanol–water partition coefficient (Wildman–Crippen LogP) is 2.40. The van der Waals surface area contributed by atoms with E-state index in [0.29, 0.717) is 44.5 Å². The average molecular weight is 391 g/mol. The Labute approximate surface area is 163 Å². The molecule has 2 aromatic carbocycles. The fourth-order valence-electron chi connectivity index (χ4n) is 2.60. The number of nitrogens with one attached hydrogen (secondary N) is 2. The lowest BCUT2D eigenvalue weighted by molar-refractivity contribution is -0.126. The Morgan fingerprint density at radius 3 is 2.30 bits per heavy atom. The minimum Gasteiger partial charge on any atom is -0.490 e. The molecular formula is C20H23ClN2O4.